The fourth-order valence-corrected chi connectivity index (χ4v) is 2.72. The van der Waals surface area contributed by atoms with Gasteiger partial charge in [0.2, 0.25) is 0 Å². The third-order valence-corrected chi connectivity index (χ3v) is 4.25. The van der Waals surface area contributed by atoms with Gasteiger partial charge in [-0.1, -0.05) is 6.07 Å². The molecule has 1 N–H and O–H groups in total. The molecule has 2 aromatic heterocycles. The number of nitrogens with zero attached hydrogens (tertiary/aromatic N) is 4. The van der Waals surface area contributed by atoms with Gasteiger partial charge < -0.3 is 5.32 Å². The normalized spacial score (nSPS) is 11.3. The van der Waals surface area contributed by atoms with E-state index in [9.17, 15) is 18.0 Å². The maximum atomic E-state index is 12.7. The minimum atomic E-state index is -4.39. The van der Waals surface area contributed by atoms with E-state index < -0.39 is 11.7 Å². The van der Waals surface area contributed by atoms with Gasteiger partial charge in [-0.2, -0.15) is 13.2 Å². The van der Waals surface area contributed by atoms with Gasteiger partial charge in [0, 0.05) is 17.4 Å². The van der Waals surface area contributed by atoms with Gasteiger partial charge in [-0.3, -0.25) is 9.78 Å². The molecule has 0 unspecified atom stereocenters. The highest BCUT2D eigenvalue weighted by Crippen LogP contribution is 2.29. The van der Waals surface area contributed by atoms with E-state index in [0.29, 0.717) is 28.5 Å². The monoisotopic (exact) mass is 409 g/mol. The van der Waals surface area contributed by atoms with Gasteiger partial charge >= 0.3 is 6.18 Å². The topological polar surface area (TPSA) is 72.7 Å². The Morgan fingerprint density at radius 3 is 2.27 bits per heavy atom. The maximum absolute atomic E-state index is 12.7. The van der Waals surface area contributed by atoms with Crippen LogP contribution in [-0.2, 0) is 6.18 Å². The fraction of sp³-hybridized carbons (Fsp3) is 0.0476. The van der Waals surface area contributed by atoms with Crippen molar-refractivity contribution in [1.82, 2.24) is 19.7 Å². The van der Waals surface area contributed by atoms with E-state index in [0.717, 1.165) is 12.1 Å². The first-order valence-electron chi connectivity index (χ1n) is 8.82. The molecule has 9 heteroatoms. The van der Waals surface area contributed by atoms with Crippen LogP contribution in [0.2, 0.25) is 0 Å². The number of aromatic nitrogens is 4. The molecule has 1 amide bonds. The Bertz CT molecular complexity index is 1150. The first kappa shape index (κ1) is 19.3. The van der Waals surface area contributed by atoms with Crippen molar-refractivity contribution >= 4 is 11.6 Å². The Balaban J connectivity index is 1.48. The lowest BCUT2D eigenvalue weighted by atomic mass is 10.2. The molecule has 2 aromatic carbocycles. The van der Waals surface area contributed by atoms with E-state index >= 15 is 0 Å². The largest absolute Gasteiger partial charge is 0.416 e. The molecule has 0 bridgehead atoms. The van der Waals surface area contributed by atoms with E-state index in [1.165, 1.54) is 29.3 Å². The number of alkyl halides is 3. The molecule has 0 aliphatic heterocycles. The van der Waals surface area contributed by atoms with Crippen molar-refractivity contribution in [2.24, 2.45) is 0 Å². The smallest absolute Gasteiger partial charge is 0.321 e. The number of amides is 1. The highest BCUT2D eigenvalue weighted by Gasteiger charge is 2.30. The van der Waals surface area contributed by atoms with E-state index in [-0.39, 0.29) is 5.91 Å². The second-order valence-corrected chi connectivity index (χ2v) is 6.30. The number of hydrogen-bond acceptors (Lipinski definition) is 4. The molecule has 0 aliphatic rings. The molecule has 0 aliphatic carbocycles. The standard InChI is InChI=1S/C21H14F3N5O/c22-21(23,24)15-6-10-17(11-7-15)29-13-26-19(28-29)14-4-8-16(9-5-14)27-20(30)18-3-1-2-12-25-18/h1-13H,(H,27,30). The molecule has 0 atom stereocenters. The molecule has 4 aromatic rings. The summed E-state index contributed by atoms with van der Waals surface area (Å²) in [4.78, 5) is 20.3. The van der Waals surface area contributed by atoms with Crippen molar-refractivity contribution in [3.05, 3.63) is 90.5 Å². The molecule has 0 radical (unpaired) electrons. The number of pyridine rings is 1. The highest BCUT2D eigenvalue weighted by molar-refractivity contribution is 6.02. The summed E-state index contributed by atoms with van der Waals surface area (Å²) in [6, 6.07) is 16.6. The summed E-state index contributed by atoms with van der Waals surface area (Å²) in [6.45, 7) is 0. The number of anilines is 1. The average Bonchev–Trinajstić information content (AvgIpc) is 3.25. The number of carbonyl (C=O) groups excluding carboxylic acids is 1. The number of rotatable bonds is 4. The van der Waals surface area contributed by atoms with Crippen LogP contribution in [-0.4, -0.2) is 25.7 Å². The highest BCUT2D eigenvalue weighted by atomic mass is 19.4. The molecule has 2 heterocycles. The fourth-order valence-electron chi connectivity index (χ4n) is 2.72. The number of nitrogens with one attached hydrogen (secondary N) is 1. The summed E-state index contributed by atoms with van der Waals surface area (Å²) >= 11 is 0. The number of carbonyl (C=O) groups is 1. The second kappa shape index (κ2) is 7.78. The van der Waals surface area contributed by atoms with Crippen LogP contribution < -0.4 is 5.32 Å². The number of benzene rings is 2. The molecule has 4 rings (SSSR count). The lowest BCUT2D eigenvalue weighted by Gasteiger charge is -2.07. The van der Waals surface area contributed by atoms with Gasteiger partial charge in [0.1, 0.15) is 12.0 Å². The lowest BCUT2D eigenvalue weighted by molar-refractivity contribution is -0.137. The summed E-state index contributed by atoms with van der Waals surface area (Å²) in [7, 11) is 0. The van der Waals surface area contributed by atoms with Crippen molar-refractivity contribution in [2.45, 2.75) is 6.18 Å². The van der Waals surface area contributed by atoms with Crippen LogP contribution in [0.3, 0.4) is 0 Å². The zero-order valence-electron chi connectivity index (χ0n) is 15.3. The third kappa shape index (κ3) is 4.19. The molecular weight excluding hydrogens is 395 g/mol. The van der Waals surface area contributed by atoms with Crippen molar-refractivity contribution in [2.75, 3.05) is 5.32 Å². The van der Waals surface area contributed by atoms with Crippen LogP contribution in [0.15, 0.2) is 79.3 Å². The van der Waals surface area contributed by atoms with Crippen molar-refractivity contribution in [3.8, 4) is 17.1 Å². The molecule has 0 saturated heterocycles. The van der Waals surface area contributed by atoms with Crippen LogP contribution in [0.4, 0.5) is 18.9 Å². The second-order valence-electron chi connectivity index (χ2n) is 6.30. The zero-order chi connectivity index (χ0) is 21.1. The van der Waals surface area contributed by atoms with Gasteiger partial charge in [-0.05, 0) is 60.7 Å². The van der Waals surface area contributed by atoms with E-state index in [1.807, 2.05) is 0 Å². The average molecular weight is 409 g/mol. The Labute approximate surface area is 169 Å². The predicted molar refractivity (Wildman–Crippen MR) is 104 cm³/mol. The molecule has 0 fully saturated rings. The van der Waals surface area contributed by atoms with Gasteiger partial charge in [0.05, 0.1) is 11.3 Å². The van der Waals surface area contributed by atoms with Crippen LogP contribution in [0, 0.1) is 0 Å². The van der Waals surface area contributed by atoms with Crippen molar-refractivity contribution in [1.29, 1.82) is 0 Å². The van der Waals surface area contributed by atoms with Gasteiger partial charge in [0.15, 0.2) is 5.82 Å². The zero-order valence-corrected chi connectivity index (χ0v) is 15.3. The predicted octanol–water partition coefficient (Wildman–Crippen LogP) is 4.60. The summed E-state index contributed by atoms with van der Waals surface area (Å²) in [6.07, 6.45) is -1.43. The molecule has 0 spiro atoms. The van der Waals surface area contributed by atoms with E-state index in [1.54, 1.807) is 42.5 Å². The minimum Gasteiger partial charge on any atom is -0.321 e. The Hall–Kier alpha value is -4.01. The molecular formula is C21H14F3N5O. The minimum absolute atomic E-state index is 0.304. The molecule has 6 nitrogen and oxygen atoms in total. The van der Waals surface area contributed by atoms with Gasteiger partial charge in [-0.15, -0.1) is 5.10 Å². The van der Waals surface area contributed by atoms with Gasteiger partial charge in [-0.25, -0.2) is 9.67 Å². The SMILES string of the molecule is O=C(Nc1ccc(-c2ncn(-c3ccc(C(F)(F)F)cc3)n2)cc1)c1ccccn1. The summed E-state index contributed by atoms with van der Waals surface area (Å²) in [5.41, 5.74) is 1.31. The Morgan fingerprint density at radius 1 is 0.900 bits per heavy atom. The van der Waals surface area contributed by atoms with Crippen LogP contribution in [0.5, 0.6) is 0 Å². The van der Waals surface area contributed by atoms with E-state index in [2.05, 4.69) is 20.4 Å². The summed E-state index contributed by atoms with van der Waals surface area (Å²) < 4.78 is 39.5. The van der Waals surface area contributed by atoms with Gasteiger partial charge in [0.25, 0.3) is 5.91 Å². The molecule has 0 saturated carbocycles. The Kier molecular flexibility index (Phi) is 5.01. The quantitative estimate of drug-likeness (QED) is 0.535. The summed E-state index contributed by atoms with van der Waals surface area (Å²) in [5, 5.41) is 7.05. The first-order chi connectivity index (χ1) is 14.4. The molecule has 150 valence electrons. The number of halogens is 3. The van der Waals surface area contributed by atoms with Crippen LogP contribution in [0.25, 0.3) is 17.1 Å². The van der Waals surface area contributed by atoms with Crippen molar-refractivity contribution < 1.29 is 18.0 Å². The lowest BCUT2D eigenvalue weighted by Crippen LogP contribution is -2.13. The first-order valence-corrected chi connectivity index (χ1v) is 8.82. The number of hydrogen-bond donors (Lipinski definition) is 1. The van der Waals surface area contributed by atoms with Crippen LogP contribution in [0.1, 0.15) is 16.1 Å². The van der Waals surface area contributed by atoms with Crippen molar-refractivity contribution in [3.63, 3.8) is 0 Å². The van der Waals surface area contributed by atoms with Crippen LogP contribution >= 0.6 is 0 Å². The maximum Gasteiger partial charge on any atom is 0.416 e. The summed E-state index contributed by atoms with van der Waals surface area (Å²) in [5.74, 6) is 0.0746. The third-order valence-electron chi connectivity index (χ3n) is 4.25. The van der Waals surface area contributed by atoms with E-state index in [4.69, 9.17) is 0 Å². The molecule has 30 heavy (non-hydrogen) atoms. The Morgan fingerprint density at radius 2 is 1.63 bits per heavy atom.